The topological polar surface area (TPSA) is 58.3 Å². The molecule has 0 bridgehead atoms. The summed E-state index contributed by atoms with van der Waals surface area (Å²) in [5.41, 5.74) is 7.92. The van der Waals surface area contributed by atoms with E-state index < -0.39 is 0 Å². The summed E-state index contributed by atoms with van der Waals surface area (Å²) >= 11 is 7.30. The van der Waals surface area contributed by atoms with Gasteiger partial charge in [0.25, 0.3) is 0 Å². The lowest BCUT2D eigenvalue weighted by Gasteiger charge is -2.35. The summed E-state index contributed by atoms with van der Waals surface area (Å²) in [7, 11) is 0. The Morgan fingerprint density at radius 3 is 2.70 bits per heavy atom. The average Bonchev–Trinajstić information content (AvgIpc) is 2.85. The Morgan fingerprint density at radius 2 is 2.05 bits per heavy atom. The van der Waals surface area contributed by atoms with E-state index in [2.05, 4.69) is 25.5 Å². The number of hydrogen-bond donors (Lipinski definition) is 1. The molecule has 3 rings (SSSR count). The number of piperazine rings is 1. The third kappa shape index (κ3) is 3.03. The lowest BCUT2D eigenvalue weighted by Crippen LogP contribution is -2.46. The maximum Gasteiger partial charge on any atom is 0.132 e. The molecule has 1 fully saturated rings. The minimum atomic E-state index is 0.724. The van der Waals surface area contributed by atoms with Crippen LogP contribution in [0.1, 0.15) is 5.69 Å². The highest BCUT2D eigenvalue weighted by molar-refractivity contribution is 7.09. The van der Waals surface area contributed by atoms with Crippen LogP contribution < -0.4 is 10.6 Å². The van der Waals surface area contributed by atoms with Gasteiger partial charge in [-0.15, -0.1) is 5.10 Å². The highest BCUT2D eigenvalue weighted by atomic mass is 35.5. The second-order valence-electron chi connectivity index (χ2n) is 4.83. The van der Waals surface area contributed by atoms with Crippen molar-refractivity contribution in [3.05, 3.63) is 35.0 Å². The van der Waals surface area contributed by atoms with Crippen LogP contribution in [0.3, 0.4) is 0 Å². The van der Waals surface area contributed by atoms with Gasteiger partial charge >= 0.3 is 0 Å². The molecule has 0 atom stereocenters. The smallest absolute Gasteiger partial charge is 0.132 e. The highest BCUT2D eigenvalue weighted by Crippen LogP contribution is 2.22. The zero-order chi connectivity index (χ0) is 13.9. The van der Waals surface area contributed by atoms with Crippen molar-refractivity contribution < 1.29 is 0 Å². The molecule has 0 saturated carbocycles. The quantitative estimate of drug-likeness (QED) is 0.941. The van der Waals surface area contributed by atoms with Crippen LogP contribution in [0.2, 0.25) is 5.02 Å². The fraction of sp³-hybridized carbons (Fsp3) is 0.385. The summed E-state index contributed by atoms with van der Waals surface area (Å²) < 4.78 is 3.87. The van der Waals surface area contributed by atoms with Crippen LogP contribution in [0, 0.1) is 0 Å². The third-order valence-electron chi connectivity index (χ3n) is 3.50. The van der Waals surface area contributed by atoms with Gasteiger partial charge in [-0.3, -0.25) is 4.90 Å². The molecule has 5 nitrogen and oxygen atoms in total. The maximum absolute atomic E-state index is 6.04. The first-order valence-electron chi connectivity index (χ1n) is 6.52. The van der Waals surface area contributed by atoms with E-state index in [1.54, 1.807) is 0 Å². The number of nitrogens with two attached hydrogens (primary N) is 1. The molecule has 0 spiro atoms. The zero-order valence-electron chi connectivity index (χ0n) is 11.0. The van der Waals surface area contributed by atoms with E-state index in [-0.39, 0.29) is 0 Å². The van der Waals surface area contributed by atoms with Gasteiger partial charge in [0, 0.05) is 55.0 Å². The van der Waals surface area contributed by atoms with Gasteiger partial charge in [-0.05, 0) is 18.2 Å². The molecule has 0 aliphatic carbocycles. The van der Waals surface area contributed by atoms with Crippen molar-refractivity contribution in [2.45, 2.75) is 6.54 Å². The molecule has 106 valence electrons. The molecule has 0 unspecified atom stereocenters. The summed E-state index contributed by atoms with van der Waals surface area (Å²) in [6.45, 7) is 4.73. The number of benzene rings is 1. The SMILES string of the molecule is Nc1snnc1CN1CCN(c2cccc(Cl)c2)CC1. The van der Waals surface area contributed by atoms with Crippen molar-refractivity contribution in [3.63, 3.8) is 0 Å². The van der Waals surface area contributed by atoms with Crippen LogP contribution in [0.15, 0.2) is 24.3 Å². The van der Waals surface area contributed by atoms with Gasteiger partial charge in [0.2, 0.25) is 0 Å². The first kappa shape index (κ1) is 13.6. The Morgan fingerprint density at radius 1 is 1.25 bits per heavy atom. The van der Waals surface area contributed by atoms with E-state index in [1.807, 2.05) is 18.2 Å². The molecule has 2 heterocycles. The number of nitrogens with zero attached hydrogens (tertiary/aromatic N) is 4. The van der Waals surface area contributed by atoms with E-state index in [9.17, 15) is 0 Å². The fourth-order valence-corrected chi connectivity index (χ4v) is 3.00. The second kappa shape index (κ2) is 5.95. The van der Waals surface area contributed by atoms with E-state index in [4.69, 9.17) is 17.3 Å². The molecule has 1 aliphatic rings. The fourth-order valence-electron chi connectivity index (χ4n) is 2.37. The summed E-state index contributed by atoms with van der Waals surface area (Å²) in [6, 6.07) is 8.01. The van der Waals surface area contributed by atoms with E-state index >= 15 is 0 Å². The number of hydrogen-bond acceptors (Lipinski definition) is 6. The Kier molecular flexibility index (Phi) is 4.05. The monoisotopic (exact) mass is 309 g/mol. The first-order chi connectivity index (χ1) is 9.72. The zero-order valence-corrected chi connectivity index (χ0v) is 12.6. The van der Waals surface area contributed by atoms with Crippen LogP contribution in [-0.2, 0) is 6.54 Å². The number of halogens is 1. The Balaban J connectivity index is 1.58. The third-order valence-corrected chi connectivity index (χ3v) is 4.33. The molecule has 1 aromatic heterocycles. The predicted molar refractivity (Wildman–Crippen MR) is 83.3 cm³/mol. The van der Waals surface area contributed by atoms with Gasteiger partial charge in [0.15, 0.2) is 0 Å². The number of nitrogen functional groups attached to an aromatic ring is 1. The van der Waals surface area contributed by atoms with Crippen molar-refractivity contribution in [1.82, 2.24) is 14.5 Å². The first-order valence-corrected chi connectivity index (χ1v) is 7.67. The van der Waals surface area contributed by atoms with E-state index in [0.29, 0.717) is 0 Å². The molecule has 7 heteroatoms. The molecule has 1 aliphatic heterocycles. The molecule has 1 aromatic carbocycles. The second-order valence-corrected chi connectivity index (χ2v) is 6.05. The lowest BCUT2D eigenvalue weighted by molar-refractivity contribution is 0.247. The van der Waals surface area contributed by atoms with Gasteiger partial charge < -0.3 is 10.6 Å². The number of rotatable bonds is 3. The van der Waals surface area contributed by atoms with Crippen LogP contribution in [-0.4, -0.2) is 40.7 Å². The standard InChI is InChI=1S/C13H16ClN5S/c14-10-2-1-3-11(8-10)19-6-4-18(5-7-19)9-12-13(15)20-17-16-12/h1-3,8H,4-7,9,15H2. The molecule has 20 heavy (non-hydrogen) atoms. The lowest BCUT2D eigenvalue weighted by atomic mass is 10.2. The van der Waals surface area contributed by atoms with Gasteiger partial charge in [-0.25, -0.2) is 0 Å². The number of anilines is 2. The van der Waals surface area contributed by atoms with Gasteiger partial charge in [-0.1, -0.05) is 22.2 Å². The van der Waals surface area contributed by atoms with E-state index in [1.165, 1.54) is 17.2 Å². The minimum Gasteiger partial charge on any atom is -0.388 e. The van der Waals surface area contributed by atoms with Crippen molar-refractivity contribution in [1.29, 1.82) is 0 Å². The number of aromatic nitrogens is 2. The van der Waals surface area contributed by atoms with Crippen LogP contribution in [0.25, 0.3) is 0 Å². The molecule has 2 N–H and O–H groups in total. The highest BCUT2D eigenvalue weighted by Gasteiger charge is 2.19. The summed E-state index contributed by atoms with van der Waals surface area (Å²) in [5.74, 6) is 0. The predicted octanol–water partition coefficient (Wildman–Crippen LogP) is 2.10. The molecular formula is C13H16ClN5S. The Labute approximate surface area is 127 Å². The van der Waals surface area contributed by atoms with Crippen LogP contribution >= 0.6 is 23.1 Å². The van der Waals surface area contributed by atoms with Crippen molar-refractivity contribution >= 4 is 33.8 Å². The van der Waals surface area contributed by atoms with Crippen LogP contribution in [0.4, 0.5) is 10.7 Å². The normalized spacial score (nSPS) is 16.6. The Bertz CT molecular complexity index is 580. The molecule has 0 radical (unpaired) electrons. The largest absolute Gasteiger partial charge is 0.388 e. The van der Waals surface area contributed by atoms with Crippen molar-refractivity contribution in [3.8, 4) is 0 Å². The maximum atomic E-state index is 6.04. The summed E-state index contributed by atoms with van der Waals surface area (Å²) in [4.78, 5) is 4.71. The molecule has 2 aromatic rings. The Hall–Kier alpha value is -1.37. The van der Waals surface area contributed by atoms with Gasteiger partial charge in [0.1, 0.15) is 10.7 Å². The van der Waals surface area contributed by atoms with E-state index in [0.717, 1.165) is 48.4 Å². The minimum absolute atomic E-state index is 0.724. The van der Waals surface area contributed by atoms with Crippen molar-refractivity contribution in [2.24, 2.45) is 0 Å². The van der Waals surface area contributed by atoms with Crippen LogP contribution in [0.5, 0.6) is 0 Å². The molecular weight excluding hydrogens is 294 g/mol. The van der Waals surface area contributed by atoms with Crippen molar-refractivity contribution in [2.75, 3.05) is 36.8 Å². The summed E-state index contributed by atoms with van der Waals surface area (Å²) in [6.07, 6.45) is 0. The molecule has 0 amide bonds. The average molecular weight is 310 g/mol. The van der Waals surface area contributed by atoms with Gasteiger partial charge in [0.05, 0.1) is 0 Å². The van der Waals surface area contributed by atoms with Gasteiger partial charge in [-0.2, -0.15) is 0 Å². The molecule has 1 saturated heterocycles. The summed E-state index contributed by atoms with van der Waals surface area (Å²) in [5, 5.41) is 5.58.